The zero-order valence-electron chi connectivity index (χ0n) is 22.7. The summed E-state index contributed by atoms with van der Waals surface area (Å²) in [6.07, 6.45) is 10.6. The predicted octanol–water partition coefficient (Wildman–Crippen LogP) is 3.42. The van der Waals surface area contributed by atoms with Crippen LogP contribution in [0.4, 0.5) is 0 Å². The number of ether oxygens (including phenoxy) is 6. The number of aliphatic hydroxyl groups is 2. The molecule has 0 aromatic carbocycles. The summed E-state index contributed by atoms with van der Waals surface area (Å²) < 4.78 is 34.4. The van der Waals surface area contributed by atoms with Crippen LogP contribution >= 0.6 is 0 Å². The lowest BCUT2D eigenvalue weighted by Crippen LogP contribution is -2.45. The Balaban J connectivity index is 2.27. The van der Waals surface area contributed by atoms with Crippen molar-refractivity contribution < 1.29 is 43.4 Å². The molecule has 0 radical (unpaired) electrons. The Morgan fingerprint density at radius 2 is 1.53 bits per heavy atom. The number of carbonyl (C=O) groups is 1. The fourth-order valence-electron chi connectivity index (χ4n) is 4.24. The van der Waals surface area contributed by atoms with Crippen molar-refractivity contribution >= 4 is 5.97 Å². The largest absolute Gasteiger partial charge is 0.463 e. The Kier molecular flexibility index (Phi) is 21.5. The molecule has 1 aliphatic rings. The minimum atomic E-state index is -0.492. The zero-order valence-corrected chi connectivity index (χ0v) is 22.7. The van der Waals surface area contributed by atoms with Crippen LogP contribution in [0.25, 0.3) is 0 Å². The number of hydrogen-bond acceptors (Lipinski definition) is 9. The van der Waals surface area contributed by atoms with Gasteiger partial charge in [-0.25, -0.2) is 0 Å². The van der Waals surface area contributed by atoms with Crippen LogP contribution in [0.1, 0.15) is 84.5 Å². The summed E-state index contributed by atoms with van der Waals surface area (Å²) in [5, 5.41) is 18.4. The van der Waals surface area contributed by atoms with Crippen molar-refractivity contribution in [2.45, 2.75) is 109 Å². The van der Waals surface area contributed by atoms with Gasteiger partial charge in [0.05, 0.1) is 46.2 Å². The number of aliphatic hydroxyl groups excluding tert-OH is 2. The summed E-state index contributed by atoms with van der Waals surface area (Å²) >= 11 is 0. The molecule has 1 aliphatic heterocycles. The van der Waals surface area contributed by atoms with Crippen molar-refractivity contribution in [3.05, 3.63) is 0 Å². The van der Waals surface area contributed by atoms with Gasteiger partial charge < -0.3 is 38.6 Å². The number of esters is 1. The van der Waals surface area contributed by atoms with Crippen LogP contribution in [0, 0.1) is 0 Å². The van der Waals surface area contributed by atoms with E-state index in [9.17, 15) is 15.0 Å². The van der Waals surface area contributed by atoms with Gasteiger partial charge in [0.1, 0.15) is 31.0 Å². The third-order valence-corrected chi connectivity index (χ3v) is 6.13. The van der Waals surface area contributed by atoms with Gasteiger partial charge in [-0.2, -0.15) is 0 Å². The molecule has 1 heterocycles. The smallest absolute Gasteiger partial charge is 0.305 e. The maximum Gasteiger partial charge on any atom is 0.305 e. The second kappa shape index (κ2) is 23.3. The Labute approximate surface area is 218 Å². The van der Waals surface area contributed by atoms with Gasteiger partial charge in [-0.1, -0.05) is 65.2 Å². The molecule has 9 nitrogen and oxygen atoms in total. The van der Waals surface area contributed by atoms with Crippen molar-refractivity contribution in [1.29, 1.82) is 0 Å². The number of unbranched alkanes of at least 4 members (excludes halogenated alkanes) is 8. The third-order valence-electron chi connectivity index (χ3n) is 6.13. The van der Waals surface area contributed by atoms with Crippen LogP contribution in [0.3, 0.4) is 0 Å². The molecule has 36 heavy (non-hydrogen) atoms. The van der Waals surface area contributed by atoms with E-state index in [0.717, 1.165) is 19.3 Å². The quantitative estimate of drug-likeness (QED) is 0.138. The van der Waals surface area contributed by atoms with E-state index in [1.807, 2.05) is 6.92 Å². The van der Waals surface area contributed by atoms with Crippen molar-refractivity contribution in [3.63, 3.8) is 0 Å². The first-order valence-corrected chi connectivity index (χ1v) is 14.1. The highest BCUT2D eigenvalue weighted by Crippen LogP contribution is 2.25. The lowest BCUT2D eigenvalue weighted by molar-refractivity contribution is -0.149. The van der Waals surface area contributed by atoms with Crippen molar-refractivity contribution in [3.8, 4) is 0 Å². The molecule has 214 valence electrons. The van der Waals surface area contributed by atoms with Crippen LogP contribution in [0.2, 0.25) is 0 Å². The number of hydrogen-bond donors (Lipinski definition) is 2. The van der Waals surface area contributed by atoms with Crippen molar-refractivity contribution in [2.24, 2.45) is 0 Å². The molecular formula is C27H52O9. The van der Waals surface area contributed by atoms with E-state index in [4.69, 9.17) is 28.4 Å². The van der Waals surface area contributed by atoms with E-state index in [-0.39, 0.29) is 58.3 Å². The zero-order chi connectivity index (χ0) is 26.3. The molecular weight excluding hydrogens is 468 g/mol. The van der Waals surface area contributed by atoms with Gasteiger partial charge in [0.2, 0.25) is 0 Å². The molecule has 1 rings (SSSR count). The molecule has 0 aliphatic carbocycles. The van der Waals surface area contributed by atoms with E-state index >= 15 is 0 Å². The Morgan fingerprint density at radius 1 is 0.833 bits per heavy atom. The average molecular weight is 521 g/mol. The van der Waals surface area contributed by atoms with Gasteiger partial charge in [0.15, 0.2) is 0 Å². The summed E-state index contributed by atoms with van der Waals surface area (Å²) in [4.78, 5) is 12.0. The van der Waals surface area contributed by atoms with E-state index in [1.165, 1.54) is 44.9 Å². The van der Waals surface area contributed by atoms with E-state index in [1.54, 1.807) is 0 Å². The molecule has 0 aromatic heterocycles. The van der Waals surface area contributed by atoms with Crippen LogP contribution in [-0.4, -0.2) is 100 Å². The summed E-state index contributed by atoms with van der Waals surface area (Å²) in [5.74, 6) is -0.192. The normalized spacial score (nSPS) is 20.6. The summed E-state index contributed by atoms with van der Waals surface area (Å²) in [5.41, 5.74) is 0. The molecule has 9 heteroatoms. The molecule has 0 bridgehead atoms. The van der Waals surface area contributed by atoms with Crippen molar-refractivity contribution in [1.82, 2.24) is 0 Å². The van der Waals surface area contributed by atoms with Crippen LogP contribution in [-0.2, 0) is 33.2 Å². The highest BCUT2D eigenvalue weighted by atomic mass is 16.6. The summed E-state index contributed by atoms with van der Waals surface area (Å²) in [7, 11) is 0. The number of carbonyl (C=O) groups excluding carboxylic acids is 1. The second-order valence-corrected chi connectivity index (χ2v) is 9.27. The molecule has 0 aromatic rings. The molecule has 2 N–H and O–H groups in total. The number of rotatable bonds is 25. The molecule has 4 atom stereocenters. The average Bonchev–Trinajstić information content (AvgIpc) is 3.29. The van der Waals surface area contributed by atoms with Gasteiger partial charge in [0, 0.05) is 13.0 Å². The van der Waals surface area contributed by atoms with Gasteiger partial charge in [-0.05, 0) is 12.8 Å². The Hall–Kier alpha value is -0.810. The van der Waals surface area contributed by atoms with E-state index < -0.39 is 18.3 Å². The van der Waals surface area contributed by atoms with Gasteiger partial charge in [-0.15, -0.1) is 0 Å². The minimum absolute atomic E-state index is 0.104. The molecule has 1 fully saturated rings. The fourth-order valence-corrected chi connectivity index (χ4v) is 4.24. The maximum atomic E-state index is 12.0. The monoisotopic (exact) mass is 520 g/mol. The maximum absolute atomic E-state index is 12.0. The first-order valence-electron chi connectivity index (χ1n) is 14.1. The Morgan fingerprint density at radius 3 is 2.19 bits per heavy atom. The standard InChI is InChI=1S/C27H52O9/c1-3-5-6-7-8-9-10-11-12-13-25(30)34-20-19-31-21-23(33-17-14-28)27-26(35-18-15-29)24(22-36-27)32-16-4-2/h23-24,26-29H,3-22H2,1-2H3. The van der Waals surface area contributed by atoms with Crippen molar-refractivity contribution in [2.75, 3.05) is 59.5 Å². The lowest BCUT2D eigenvalue weighted by Gasteiger charge is -2.29. The van der Waals surface area contributed by atoms with Gasteiger partial charge in [0.25, 0.3) is 0 Å². The first kappa shape index (κ1) is 33.2. The molecule has 4 unspecified atom stereocenters. The lowest BCUT2D eigenvalue weighted by atomic mass is 10.1. The SMILES string of the molecule is CCCCCCCCCCCC(=O)OCCOCC(OCCO)C1OCC(OCCC)C1OCCO. The van der Waals surface area contributed by atoms with Gasteiger partial charge >= 0.3 is 5.97 Å². The molecule has 0 saturated carbocycles. The first-order chi connectivity index (χ1) is 17.7. The molecule has 0 amide bonds. The highest BCUT2D eigenvalue weighted by molar-refractivity contribution is 5.69. The van der Waals surface area contributed by atoms with Crippen LogP contribution in [0.5, 0.6) is 0 Å². The third kappa shape index (κ3) is 15.4. The van der Waals surface area contributed by atoms with E-state index in [0.29, 0.717) is 19.6 Å². The second-order valence-electron chi connectivity index (χ2n) is 9.27. The summed E-state index contributed by atoms with van der Waals surface area (Å²) in [6, 6.07) is 0. The fraction of sp³-hybridized carbons (Fsp3) is 0.963. The minimum Gasteiger partial charge on any atom is -0.463 e. The molecule has 0 spiro atoms. The van der Waals surface area contributed by atoms with Crippen LogP contribution < -0.4 is 0 Å². The van der Waals surface area contributed by atoms with E-state index in [2.05, 4.69) is 6.92 Å². The van der Waals surface area contributed by atoms with Gasteiger partial charge in [-0.3, -0.25) is 4.79 Å². The summed E-state index contributed by atoms with van der Waals surface area (Å²) in [6.45, 7) is 5.89. The topological polar surface area (TPSA) is 113 Å². The highest BCUT2D eigenvalue weighted by Gasteiger charge is 2.43. The predicted molar refractivity (Wildman–Crippen MR) is 137 cm³/mol. The Bertz CT molecular complexity index is 506. The van der Waals surface area contributed by atoms with Crippen LogP contribution in [0.15, 0.2) is 0 Å². The molecule has 1 saturated heterocycles.